The number of halogens is 8. The lowest BCUT2D eigenvalue weighted by molar-refractivity contribution is -0.348. The second-order valence-corrected chi connectivity index (χ2v) is 10.4. The summed E-state index contributed by atoms with van der Waals surface area (Å²) >= 11 is 0. The summed E-state index contributed by atoms with van der Waals surface area (Å²) in [6.45, 7) is 0.207. The second kappa shape index (κ2) is 7.39. The first-order chi connectivity index (χ1) is 15.2. The van der Waals surface area contributed by atoms with E-state index in [2.05, 4.69) is 5.32 Å². The van der Waals surface area contributed by atoms with Crippen LogP contribution in [0.15, 0.2) is 47.4 Å². The summed E-state index contributed by atoms with van der Waals surface area (Å²) in [5.74, 6) is -0.820. The number of alkyl halides is 7. The molecule has 0 aromatic heterocycles. The van der Waals surface area contributed by atoms with Crippen LogP contribution in [-0.2, 0) is 26.7 Å². The standard InChI is InChI=1S/C21H17F8NO2S/c22-14-2-1-3-15(11-14)33(31,32)18-8-9-30-17(18)7-4-12-10-13(5-6-16(12)18)19(23,20(24,25)26)21(27,28)29/h1-3,5-6,10-11,17,30H,4,7-9H2. The Morgan fingerprint density at radius 3 is 2.21 bits per heavy atom. The minimum atomic E-state index is -6.28. The zero-order valence-electron chi connectivity index (χ0n) is 16.7. The molecule has 4 rings (SSSR count). The van der Waals surface area contributed by atoms with Gasteiger partial charge < -0.3 is 5.32 Å². The van der Waals surface area contributed by atoms with Gasteiger partial charge >= 0.3 is 18.0 Å². The molecule has 1 heterocycles. The number of nitrogens with one attached hydrogen (secondary N) is 1. The molecule has 0 bridgehead atoms. The molecule has 1 saturated heterocycles. The minimum Gasteiger partial charge on any atom is -0.312 e. The molecule has 1 N–H and O–H groups in total. The highest BCUT2D eigenvalue weighted by Gasteiger charge is 2.73. The SMILES string of the molecule is O=S(=O)(c1cccc(F)c1)C12CCNC1CCc1cc(C(F)(C(F)(F)F)C(F)(F)F)ccc12. The molecular formula is C21H17F8NO2S. The molecule has 2 aromatic carbocycles. The number of hydrogen-bond acceptors (Lipinski definition) is 3. The number of benzene rings is 2. The third-order valence-electron chi connectivity index (χ3n) is 6.48. The fraction of sp³-hybridized carbons (Fsp3) is 0.429. The van der Waals surface area contributed by atoms with Crippen molar-refractivity contribution in [2.75, 3.05) is 6.54 Å². The lowest BCUT2D eigenvalue weighted by Gasteiger charge is -2.41. The third kappa shape index (κ3) is 3.28. The van der Waals surface area contributed by atoms with Gasteiger partial charge in [-0.2, -0.15) is 26.3 Å². The van der Waals surface area contributed by atoms with Crippen molar-refractivity contribution in [3.8, 4) is 0 Å². The van der Waals surface area contributed by atoms with Crippen molar-refractivity contribution in [1.29, 1.82) is 0 Å². The van der Waals surface area contributed by atoms with Crippen LogP contribution in [0.3, 0.4) is 0 Å². The molecule has 1 aliphatic carbocycles. The number of aryl methyl sites for hydroxylation is 1. The van der Waals surface area contributed by atoms with E-state index < -0.39 is 50.0 Å². The maximum atomic E-state index is 14.6. The molecule has 180 valence electrons. The number of hydrogen-bond donors (Lipinski definition) is 1. The number of sulfone groups is 1. The summed E-state index contributed by atoms with van der Waals surface area (Å²) in [6, 6.07) is 5.12. The zero-order chi connectivity index (χ0) is 24.4. The van der Waals surface area contributed by atoms with Crippen molar-refractivity contribution in [2.45, 2.75) is 53.0 Å². The van der Waals surface area contributed by atoms with Crippen LogP contribution in [0, 0.1) is 5.82 Å². The van der Waals surface area contributed by atoms with E-state index in [0.29, 0.717) is 12.1 Å². The summed E-state index contributed by atoms with van der Waals surface area (Å²) in [5, 5.41) is 3.02. The highest BCUT2D eigenvalue weighted by molar-refractivity contribution is 7.92. The maximum Gasteiger partial charge on any atom is 0.435 e. The van der Waals surface area contributed by atoms with E-state index in [1.54, 1.807) is 0 Å². The summed E-state index contributed by atoms with van der Waals surface area (Å²) in [5.41, 5.74) is -7.41. The molecule has 12 heteroatoms. The van der Waals surface area contributed by atoms with Crippen LogP contribution in [0.25, 0.3) is 0 Å². The quantitative estimate of drug-likeness (QED) is 0.599. The van der Waals surface area contributed by atoms with E-state index in [9.17, 15) is 43.5 Å². The van der Waals surface area contributed by atoms with Crippen molar-refractivity contribution in [2.24, 2.45) is 0 Å². The van der Waals surface area contributed by atoms with E-state index in [4.69, 9.17) is 0 Å². The predicted octanol–water partition coefficient (Wildman–Crippen LogP) is 5.09. The van der Waals surface area contributed by atoms with Gasteiger partial charge in [0.2, 0.25) is 0 Å². The lowest BCUT2D eigenvalue weighted by Crippen LogP contribution is -2.51. The maximum absolute atomic E-state index is 14.6. The molecule has 2 atom stereocenters. The minimum absolute atomic E-state index is 0.0107. The fourth-order valence-electron chi connectivity index (χ4n) is 4.96. The Kier molecular flexibility index (Phi) is 5.36. The fourth-order valence-corrected chi connectivity index (χ4v) is 7.34. The lowest BCUT2D eigenvalue weighted by atomic mass is 9.77. The van der Waals surface area contributed by atoms with Crippen molar-refractivity contribution >= 4 is 9.84 Å². The number of rotatable bonds is 3. The summed E-state index contributed by atoms with van der Waals surface area (Å²) < 4.78 is 133. The van der Waals surface area contributed by atoms with Gasteiger partial charge in [-0.25, -0.2) is 17.2 Å². The molecule has 2 unspecified atom stereocenters. The highest BCUT2D eigenvalue weighted by Crippen LogP contribution is 2.55. The monoisotopic (exact) mass is 499 g/mol. The first-order valence-electron chi connectivity index (χ1n) is 9.86. The molecule has 2 aromatic rings. The van der Waals surface area contributed by atoms with Crippen molar-refractivity contribution in [1.82, 2.24) is 5.32 Å². The number of fused-ring (bicyclic) bond motifs is 3. The Hall–Kier alpha value is -2.21. The van der Waals surface area contributed by atoms with Gasteiger partial charge in [0.05, 0.1) is 4.90 Å². The van der Waals surface area contributed by atoms with E-state index >= 15 is 0 Å². The molecule has 33 heavy (non-hydrogen) atoms. The Bertz CT molecular complexity index is 1180. The highest BCUT2D eigenvalue weighted by atomic mass is 32.2. The van der Waals surface area contributed by atoms with Crippen LogP contribution in [0.2, 0.25) is 0 Å². The van der Waals surface area contributed by atoms with E-state index in [-0.39, 0.29) is 41.8 Å². The van der Waals surface area contributed by atoms with Gasteiger partial charge in [-0.15, -0.1) is 0 Å². The molecule has 0 saturated carbocycles. The molecule has 0 spiro atoms. The van der Waals surface area contributed by atoms with E-state index in [1.807, 2.05) is 0 Å². The van der Waals surface area contributed by atoms with Gasteiger partial charge in [0.25, 0.3) is 0 Å². The van der Waals surface area contributed by atoms with Gasteiger partial charge in [0.15, 0.2) is 9.84 Å². The van der Waals surface area contributed by atoms with Gasteiger partial charge in [0.1, 0.15) is 10.6 Å². The van der Waals surface area contributed by atoms with Crippen LogP contribution >= 0.6 is 0 Å². The second-order valence-electron chi connectivity index (χ2n) is 8.17. The van der Waals surface area contributed by atoms with Crippen molar-refractivity contribution in [3.05, 3.63) is 65.0 Å². The molecule has 0 amide bonds. The topological polar surface area (TPSA) is 46.2 Å². The first kappa shape index (κ1) is 23.9. The van der Waals surface area contributed by atoms with E-state index in [1.165, 1.54) is 12.1 Å². The van der Waals surface area contributed by atoms with Gasteiger partial charge in [-0.1, -0.05) is 24.3 Å². The third-order valence-corrected chi connectivity index (χ3v) is 9.02. The smallest absolute Gasteiger partial charge is 0.312 e. The molecule has 0 radical (unpaired) electrons. The molecule has 2 aliphatic rings. The van der Waals surface area contributed by atoms with Crippen LogP contribution in [-0.4, -0.2) is 33.4 Å². The van der Waals surface area contributed by atoms with Gasteiger partial charge in [-0.05, 0) is 55.1 Å². The molecule has 3 nitrogen and oxygen atoms in total. The first-order valence-corrected chi connectivity index (χ1v) is 11.3. The van der Waals surface area contributed by atoms with Crippen LogP contribution < -0.4 is 5.32 Å². The van der Waals surface area contributed by atoms with Crippen molar-refractivity contribution in [3.63, 3.8) is 0 Å². The molecule has 1 aliphatic heterocycles. The normalized spacial score (nSPS) is 23.8. The summed E-state index contributed by atoms with van der Waals surface area (Å²) in [4.78, 5) is -0.362. The van der Waals surface area contributed by atoms with Gasteiger partial charge in [-0.3, -0.25) is 0 Å². The van der Waals surface area contributed by atoms with E-state index in [0.717, 1.165) is 18.2 Å². The summed E-state index contributed by atoms with van der Waals surface area (Å²) in [6.07, 6.45) is -12.6. The van der Waals surface area contributed by atoms with Crippen LogP contribution in [0.5, 0.6) is 0 Å². The Morgan fingerprint density at radius 1 is 0.939 bits per heavy atom. The average molecular weight is 499 g/mol. The Labute approximate surface area is 183 Å². The van der Waals surface area contributed by atoms with Gasteiger partial charge in [0, 0.05) is 11.6 Å². The predicted molar refractivity (Wildman–Crippen MR) is 101 cm³/mol. The van der Waals surface area contributed by atoms with Crippen LogP contribution in [0.1, 0.15) is 29.5 Å². The van der Waals surface area contributed by atoms with Crippen molar-refractivity contribution < 1.29 is 43.5 Å². The average Bonchev–Trinajstić information content (AvgIpc) is 3.17. The molecular weight excluding hydrogens is 482 g/mol. The Morgan fingerprint density at radius 2 is 1.61 bits per heavy atom. The molecule has 1 fully saturated rings. The summed E-state index contributed by atoms with van der Waals surface area (Å²) in [7, 11) is -4.34. The largest absolute Gasteiger partial charge is 0.435 e. The van der Waals surface area contributed by atoms with Crippen LogP contribution in [0.4, 0.5) is 35.1 Å². The zero-order valence-corrected chi connectivity index (χ0v) is 17.5. The Balaban J connectivity index is 1.93.